The van der Waals surface area contributed by atoms with Crippen molar-refractivity contribution in [2.75, 3.05) is 17.2 Å². The van der Waals surface area contributed by atoms with Crippen LogP contribution in [0.2, 0.25) is 5.02 Å². The van der Waals surface area contributed by atoms with Gasteiger partial charge < -0.3 is 10.1 Å². The number of carbonyl (C=O) groups is 2. The number of amides is 2. The molecule has 0 spiro atoms. The Morgan fingerprint density at radius 3 is 2.77 bits per heavy atom. The number of halogens is 1. The molecule has 2 N–H and O–H groups in total. The summed E-state index contributed by atoms with van der Waals surface area (Å²) in [6.45, 7) is 2.08. The normalized spacial score (nSPS) is 13.5. The highest BCUT2D eigenvalue weighted by atomic mass is 35.5. The molecule has 1 aliphatic carbocycles. The molecule has 0 saturated carbocycles. The number of fused-ring (bicyclic) bond motifs is 1. The zero-order valence-electron chi connectivity index (χ0n) is 14.6. The van der Waals surface area contributed by atoms with Crippen molar-refractivity contribution in [3.05, 3.63) is 45.3 Å². The first-order chi connectivity index (χ1) is 12.6. The van der Waals surface area contributed by atoms with Gasteiger partial charge in [0.15, 0.2) is 0 Å². The highest BCUT2D eigenvalue weighted by Crippen LogP contribution is 2.38. The molecule has 0 atom stereocenters. The molecule has 0 radical (unpaired) electrons. The molecule has 26 heavy (non-hydrogen) atoms. The zero-order valence-corrected chi connectivity index (χ0v) is 16.1. The summed E-state index contributed by atoms with van der Waals surface area (Å²) < 4.78 is 5.23. The topological polar surface area (TPSA) is 67.4 Å². The van der Waals surface area contributed by atoms with Gasteiger partial charge in [0.25, 0.3) is 0 Å². The van der Waals surface area contributed by atoms with Crippen LogP contribution in [0.5, 0.6) is 0 Å². The molecule has 7 heteroatoms. The van der Waals surface area contributed by atoms with Gasteiger partial charge in [0.1, 0.15) is 5.00 Å². The molecule has 1 aromatic carbocycles. The van der Waals surface area contributed by atoms with Gasteiger partial charge >= 0.3 is 12.0 Å². The van der Waals surface area contributed by atoms with Crippen molar-refractivity contribution < 1.29 is 14.3 Å². The minimum atomic E-state index is -0.408. The van der Waals surface area contributed by atoms with Crippen LogP contribution in [0.3, 0.4) is 0 Å². The van der Waals surface area contributed by atoms with Gasteiger partial charge in [-0.25, -0.2) is 9.59 Å². The number of rotatable bonds is 4. The van der Waals surface area contributed by atoms with E-state index in [9.17, 15) is 9.59 Å². The Kier molecular flexibility index (Phi) is 6.16. The molecule has 0 fully saturated rings. The Hall–Kier alpha value is -2.05. The van der Waals surface area contributed by atoms with Crippen molar-refractivity contribution in [3.63, 3.8) is 0 Å². The van der Waals surface area contributed by atoms with E-state index in [0.717, 1.165) is 37.7 Å². The summed E-state index contributed by atoms with van der Waals surface area (Å²) in [5.74, 6) is -0.370. The Bertz CT molecular complexity index is 819. The zero-order chi connectivity index (χ0) is 18.5. The summed E-state index contributed by atoms with van der Waals surface area (Å²) in [6.07, 6.45) is 5.08. The third kappa shape index (κ3) is 4.37. The minimum Gasteiger partial charge on any atom is -0.462 e. The Balaban J connectivity index is 1.84. The number of nitrogens with one attached hydrogen (secondary N) is 2. The number of carbonyl (C=O) groups excluding carboxylic acids is 2. The predicted molar refractivity (Wildman–Crippen MR) is 106 cm³/mol. The van der Waals surface area contributed by atoms with Gasteiger partial charge in [-0.2, -0.15) is 0 Å². The summed E-state index contributed by atoms with van der Waals surface area (Å²) in [5, 5.41) is 6.65. The van der Waals surface area contributed by atoms with Crippen LogP contribution >= 0.6 is 22.9 Å². The fourth-order valence-electron chi connectivity index (χ4n) is 3.08. The van der Waals surface area contributed by atoms with Crippen LogP contribution in [0, 0.1) is 0 Å². The molecule has 5 nitrogen and oxygen atoms in total. The van der Waals surface area contributed by atoms with E-state index < -0.39 is 6.03 Å². The maximum atomic E-state index is 12.5. The predicted octanol–water partition coefficient (Wildman–Crippen LogP) is 5.49. The molecule has 1 aliphatic rings. The monoisotopic (exact) mass is 392 g/mol. The first-order valence-electron chi connectivity index (χ1n) is 8.73. The Morgan fingerprint density at radius 1 is 1.19 bits per heavy atom. The van der Waals surface area contributed by atoms with Crippen LogP contribution in [0.4, 0.5) is 15.5 Å². The standard InChI is InChI=1S/C19H21ClN2O3S/c1-2-25-18(23)16-14-9-4-3-5-10-15(14)26-17(16)22-19(24)21-13-8-6-7-12(20)11-13/h6-8,11H,2-5,9-10H2,1H3,(H2,21,22,24). The molecule has 0 saturated heterocycles. The minimum absolute atomic E-state index is 0.303. The summed E-state index contributed by atoms with van der Waals surface area (Å²) in [6, 6.07) is 6.50. The van der Waals surface area contributed by atoms with Crippen LogP contribution in [-0.4, -0.2) is 18.6 Å². The van der Waals surface area contributed by atoms with E-state index in [1.807, 2.05) is 0 Å². The Morgan fingerprint density at radius 2 is 2.00 bits per heavy atom. The number of anilines is 2. The van der Waals surface area contributed by atoms with Crippen molar-refractivity contribution in [1.82, 2.24) is 0 Å². The van der Waals surface area contributed by atoms with Crippen LogP contribution in [0.25, 0.3) is 0 Å². The maximum absolute atomic E-state index is 12.5. The molecule has 1 heterocycles. The molecule has 0 bridgehead atoms. The second-order valence-corrected chi connectivity index (χ2v) is 7.62. The molecule has 0 aliphatic heterocycles. The molecule has 138 valence electrons. The summed E-state index contributed by atoms with van der Waals surface area (Å²) in [5.41, 5.74) is 2.13. The summed E-state index contributed by atoms with van der Waals surface area (Å²) in [4.78, 5) is 26.1. The second-order valence-electron chi connectivity index (χ2n) is 6.08. The number of hydrogen-bond donors (Lipinski definition) is 2. The van der Waals surface area contributed by atoms with Crippen molar-refractivity contribution in [1.29, 1.82) is 0 Å². The molecular weight excluding hydrogens is 372 g/mol. The quantitative estimate of drug-likeness (QED) is 0.533. The smallest absolute Gasteiger partial charge is 0.341 e. The van der Waals surface area contributed by atoms with Crippen LogP contribution < -0.4 is 10.6 Å². The highest BCUT2D eigenvalue weighted by Gasteiger charge is 2.26. The first kappa shape index (κ1) is 18.7. The van der Waals surface area contributed by atoms with Crippen molar-refractivity contribution in [2.24, 2.45) is 0 Å². The number of thiophene rings is 1. The Labute approximate surface area is 161 Å². The highest BCUT2D eigenvalue weighted by molar-refractivity contribution is 7.17. The average Bonchev–Trinajstić information content (AvgIpc) is 2.76. The van der Waals surface area contributed by atoms with E-state index >= 15 is 0 Å². The molecule has 2 amide bonds. The lowest BCUT2D eigenvalue weighted by molar-refractivity contribution is 0.0527. The van der Waals surface area contributed by atoms with Crippen LogP contribution in [0.1, 0.15) is 47.0 Å². The third-order valence-corrected chi connectivity index (χ3v) is 5.65. The SMILES string of the molecule is CCOC(=O)c1c(NC(=O)Nc2cccc(Cl)c2)sc2c1CCCCC2. The number of aryl methyl sites for hydroxylation is 1. The lowest BCUT2D eigenvalue weighted by Gasteiger charge is -2.09. The van der Waals surface area contributed by atoms with E-state index in [-0.39, 0.29) is 5.97 Å². The van der Waals surface area contributed by atoms with Gasteiger partial charge in [-0.3, -0.25) is 5.32 Å². The first-order valence-corrected chi connectivity index (χ1v) is 9.93. The van der Waals surface area contributed by atoms with Gasteiger partial charge in [0.05, 0.1) is 12.2 Å². The largest absolute Gasteiger partial charge is 0.462 e. The van der Waals surface area contributed by atoms with Gasteiger partial charge in [-0.1, -0.05) is 24.1 Å². The van der Waals surface area contributed by atoms with E-state index in [1.54, 1.807) is 31.2 Å². The third-order valence-electron chi connectivity index (χ3n) is 4.21. The number of hydrogen-bond acceptors (Lipinski definition) is 4. The lowest BCUT2D eigenvalue weighted by Crippen LogP contribution is -2.20. The summed E-state index contributed by atoms with van der Waals surface area (Å²) in [7, 11) is 0. The molecule has 3 rings (SSSR count). The van der Waals surface area contributed by atoms with Crippen molar-refractivity contribution >= 4 is 45.6 Å². The van der Waals surface area contributed by atoms with Crippen LogP contribution in [0.15, 0.2) is 24.3 Å². The molecule has 1 aromatic heterocycles. The molecular formula is C19H21ClN2O3S. The number of ether oxygens (including phenoxy) is 1. The number of benzene rings is 1. The molecule has 0 unspecified atom stereocenters. The second kappa shape index (κ2) is 8.56. The maximum Gasteiger partial charge on any atom is 0.341 e. The van der Waals surface area contributed by atoms with E-state index in [0.29, 0.717) is 27.9 Å². The average molecular weight is 393 g/mol. The van der Waals surface area contributed by atoms with Gasteiger partial charge in [-0.05, 0) is 56.4 Å². The van der Waals surface area contributed by atoms with E-state index in [1.165, 1.54) is 16.2 Å². The van der Waals surface area contributed by atoms with Crippen molar-refractivity contribution in [3.8, 4) is 0 Å². The lowest BCUT2D eigenvalue weighted by atomic mass is 10.1. The summed E-state index contributed by atoms with van der Waals surface area (Å²) >= 11 is 7.42. The van der Waals surface area contributed by atoms with E-state index in [2.05, 4.69) is 10.6 Å². The fraction of sp³-hybridized carbons (Fsp3) is 0.368. The van der Waals surface area contributed by atoms with E-state index in [4.69, 9.17) is 16.3 Å². The van der Waals surface area contributed by atoms with Crippen molar-refractivity contribution in [2.45, 2.75) is 39.0 Å². The van der Waals surface area contributed by atoms with Crippen LogP contribution in [-0.2, 0) is 17.6 Å². The fourth-order valence-corrected chi connectivity index (χ4v) is 4.54. The molecule has 2 aromatic rings. The van der Waals surface area contributed by atoms with Gasteiger partial charge in [-0.15, -0.1) is 11.3 Å². The van der Waals surface area contributed by atoms with Gasteiger partial charge in [0.2, 0.25) is 0 Å². The number of urea groups is 1. The number of esters is 1. The van der Waals surface area contributed by atoms with Gasteiger partial charge in [0, 0.05) is 15.6 Å².